The lowest BCUT2D eigenvalue weighted by Gasteiger charge is -2.21. The number of rotatable bonds is 7. The minimum absolute atomic E-state index is 0.639. The first-order valence-electron chi connectivity index (χ1n) is 9.04. The standard InChI is InChI=1S/C19H29ClN2O/c1-16-4-2-10-21(16)11-3-13-23-19-7-5-18(6-8-19)22-12-9-17(14-20)15-22/h5-8,16-17H,2-4,9-15H2,1H3. The van der Waals surface area contributed by atoms with Gasteiger partial charge < -0.3 is 14.5 Å². The molecular formula is C19H29ClN2O. The van der Waals surface area contributed by atoms with E-state index in [2.05, 4.69) is 41.0 Å². The first-order chi connectivity index (χ1) is 11.3. The van der Waals surface area contributed by atoms with Crippen molar-refractivity contribution in [3.63, 3.8) is 0 Å². The Morgan fingerprint density at radius 2 is 2.00 bits per heavy atom. The fourth-order valence-electron chi connectivity index (χ4n) is 3.73. The van der Waals surface area contributed by atoms with Crippen molar-refractivity contribution in [2.45, 2.75) is 38.6 Å². The lowest BCUT2D eigenvalue weighted by molar-refractivity contribution is 0.230. The van der Waals surface area contributed by atoms with E-state index in [9.17, 15) is 0 Å². The number of halogens is 1. The number of likely N-dealkylation sites (tertiary alicyclic amines) is 1. The van der Waals surface area contributed by atoms with Gasteiger partial charge in [0.1, 0.15) is 5.75 Å². The summed E-state index contributed by atoms with van der Waals surface area (Å²) in [4.78, 5) is 5.00. The molecule has 1 aromatic carbocycles. The van der Waals surface area contributed by atoms with Crippen LogP contribution in [0.5, 0.6) is 5.75 Å². The largest absolute Gasteiger partial charge is 0.494 e. The minimum Gasteiger partial charge on any atom is -0.494 e. The van der Waals surface area contributed by atoms with E-state index in [0.717, 1.165) is 50.3 Å². The van der Waals surface area contributed by atoms with Gasteiger partial charge in [0.2, 0.25) is 0 Å². The first kappa shape index (κ1) is 16.9. The Balaban J connectivity index is 1.39. The molecule has 0 aliphatic carbocycles. The monoisotopic (exact) mass is 336 g/mol. The van der Waals surface area contributed by atoms with Crippen LogP contribution >= 0.6 is 11.6 Å². The molecule has 2 saturated heterocycles. The van der Waals surface area contributed by atoms with Crippen molar-refractivity contribution in [2.75, 3.05) is 43.6 Å². The highest BCUT2D eigenvalue weighted by molar-refractivity contribution is 6.18. The average Bonchev–Trinajstić information content (AvgIpc) is 3.21. The number of anilines is 1. The average molecular weight is 337 g/mol. The Hall–Kier alpha value is -0.930. The van der Waals surface area contributed by atoms with E-state index in [1.807, 2.05) is 0 Å². The van der Waals surface area contributed by atoms with Gasteiger partial charge in [-0.05, 0) is 69.3 Å². The number of hydrogen-bond acceptors (Lipinski definition) is 3. The van der Waals surface area contributed by atoms with E-state index in [0.29, 0.717) is 5.92 Å². The van der Waals surface area contributed by atoms with Crippen LogP contribution in [0.4, 0.5) is 5.69 Å². The zero-order valence-electron chi connectivity index (χ0n) is 14.2. The summed E-state index contributed by atoms with van der Waals surface area (Å²) in [6, 6.07) is 9.30. The number of benzene rings is 1. The number of hydrogen-bond donors (Lipinski definition) is 0. The highest BCUT2D eigenvalue weighted by Gasteiger charge is 2.22. The molecule has 0 bridgehead atoms. The van der Waals surface area contributed by atoms with Crippen molar-refractivity contribution < 1.29 is 4.74 Å². The number of alkyl halides is 1. The molecule has 0 spiro atoms. The van der Waals surface area contributed by atoms with Crippen LogP contribution in [0.15, 0.2) is 24.3 Å². The topological polar surface area (TPSA) is 15.7 Å². The minimum atomic E-state index is 0.639. The molecule has 2 atom stereocenters. The van der Waals surface area contributed by atoms with Crippen LogP contribution in [0.1, 0.15) is 32.6 Å². The van der Waals surface area contributed by atoms with Crippen LogP contribution in [-0.2, 0) is 0 Å². The van der Waals surface area contributed by atoms with Crippen LogP contribution in [-0.4, -0.2) is 49.6 Å². The fraction of sp³-hybridized carbons (Fsp3) is 0.684. The third-order valence-electron chi connectivity index (χ3n) is 5.25. The molecule has 0 aromatic heterocycles. The van der Waals surface area contributed by atoms with Gasteiger partial charge in [0.05, 0.1) is 6.61 Å². The SMILES string of the molecule is CC1CCCN1CCCOc1ccc(N2CCC(CCl)C2)cc1. The predicted molar refractivity (Wildman–Crippen MR) is 97.9 cm³/mol. The highest BCUT2D eigenvalue weighted by atomic mass is 35.5. The van der Waals surface area contributed by atoms with Gasteiger partial charge in [0.15, 0.2) is 0 Å². The van der Waals surface area contributed by atoms with Crippen molar-refractivity contribution in [3.05, 3.63) is 24.3 Å². The summed E-state index contributed by atoms with van der Waals surface area (Å²) < 4.78 is 5.89. The Kier molecular flexibility index (Phi) is 6.07. The van der Waals surface area contributed by atoms with Crippen molar-refractivity contribution in [3.8, 4) is 5.75 Å². The molecule has 1 aromatic rings. The van der Waals surface area contributed by atoms with E-state index in [1.54, 1.807) is 0 Å². The second-order valence-electron chi connectivity index (χ2n) is 6.98. The van der Waals surface area contributed by atoms with E-state index in [1.165, 1.54) is 31.5 Å². The molecule has 2 unspecified atom stereocenters. The second-order valence-corrected chi connectivity index (χ2v) is 7.29. The predicted octanol–water partition coefficient (Wildman–Crippen LogP) is 4.00. The molecule has 3 nitrogen and oxygen atoms in total. The lowest BCUT2D eigenvalue weighted by Crippen LogP contribution is -2.28. The van der Waals surface area contributed by atoms with Crippen molar-refractivity contribution in [1.82, 2.24) is 4.90 Å². The third-order valence-corrected chi connectivity index (χ3v) is 5.69. The Labute approximate surface area is 145 Å². The van der Waals surface area contributed by atoms with E-state index >= 15 is 0 Å². The van der Waals surface area contributed by atoms with Crippen molar-refractivity contribution >= 4 is 17.3 Å². The van der Waals surface area contributed by atoms with Crippen LogP contribution in [0.3, 0.4) is 0 Å². The van der Waals surface area contributed by atoms with Crippen molar-refractivity contribution in [2.24, 2.45) is 5.92 Å². The maximum atomic E-state index is 5.96. The third kappa shape index (κ3) is 4.54. The molecule has 2 fully saturated rings. The normalized spacial score (nSPS) is 25.2. The summed E-state index contributed by atoms with van der Waals surface area (Å²) in [5, 5.41) is 0. The fourth-order valence-corrected chi connectivity index (χ4v) is 3.98. The summed E-state index contributed by atoms with van der Waals surface area (Å²) in [6.45, 7) is 7.76. The van der Waals surface area contributed by atoms with E-state index in [-0.39, 0.29) is 0 Å². The molecule has 2 aliphatic rings. The molecule has 3 rings (SSSR count). The molecule has 2 heterocycles. The van der Waals surface area contributed by atoms with Gasteiger partial charge >= 0.3 is 0 Å². The Bertz CT molecular complexity index is 479. The molecule has 128 valence electrons. The number of nitrogens with zero attached hydrogens (tertiary/aromatic N) is 2. The van der Waals surface area contributed by atoms with Crippen molar-refractivity contribution in [1.29, 1.82) is 0 Å². The summed E-state index contributed by atoms with van der Waals surface area (Å²) in [5.41, 5.74) is 1.29. The molecule has 4 heteroatoms. The zero-order valence-corrected chi connectivity index (χ0v) is 15.0. The molecule has 2 aliphatic heterocycles. The smallest absolute Gasteiger partial charge is 0.119 e. The van der Waals surface area contributed by atoms with Crippen LogP contribution in [0.25, 0.3) is 0 Å². The van der Waals surface area contributed by atoms with Crippen LogP contribution in [0.2, 0.25) is 0 Å². The van der Waals surface area contributed by atoms with E-state index < -0.39 is 0 Å². The summed E-state index contributed by atoms with van der Waals surface area (Å²) >= 11 is 5.96. The summed E-state index contributed by atoms with van der Waals surface area (Å²) in [5.74, 6) is 2.39. The maximum absolute atomic E-state index is 5.96. The van der Waals surface area contributed by atoms with Gasteiger partial charge in [-0.15, -0.1) is 11.6 Å². The quantitative estimate of drug-likeness (QED) is 0.553. The van der Waals surface area contributed by atoms with Gasteiger partial charge in [-0.2, -0.15) is 0 Å². The molecule has 23 heavy (non-hydrogen) atoms. The maximum Gasteiger partial charge on any atom is 0.119 e. The lowest BCUT2D eigenvalue weighted by atomic mass is 10.2. The molecule has 0 radical (unpaired) electrons. The first-order valence-corrected chi connectivity index (χ1v) is 9.57. The highest BCUT2D eigenvalue weighted by Crippen LogP contribution is 2.26. The molecule has 0 N–H and O–H groups in total. The van der Waals surface area contributed by atoms with Crippen LogP contribution < -0.4 is 9.64 Å². The van der Waals surface area contributed by atoms with Gasteiger partial charge in [-0.1, -0.05) is 0 Å². The summed E-state index contributed by atoms with van der Waals surface area (Å²) in [7, 11) is 0. The molecular weight excluding hydrogens is 308 g/mol. The van der Waals surface area contributed by atoms with Gasteiger partial charge in [-0.25, -0.2) is 0 Å². The summed E-state index contributed by atoms with van der Waals surface area (Å²) in [6.07, 6.45) is 5.01. The Morgan fingerprint density at radius 3 is 2.65 bits per heavy atom. The zero-order chi connectivity index (χ0) is 16.1. The molecule has 0 amide bonds. The van der Waals surface area contributed by atoms with Gasteiger partial charge in [0, 0.05) is 37.2 Å². The number of ether oxygens (including phenoxy) is 1. The van der Waals surface area contributed by atoms with E-state index in [4.69, 9.17) is 16.3 Å². The van der Waals surface area contributed by atoms with Gasteiger partial charge in [0.25, 0.3) is 0 Å². The van der Waals surface area contributed by atoms with Gasteiger partial charge in [-0.3, -0.25) is 0 Å². The Morgan fingerprint density at radius 1 is 1.17 bits per heavy atom. The molecule has 0 saturated carbocycles. The van der Waals surface area contributed by atoms with Crippen LogP contribution in [0, 0.1) is 5.92 Å². The second kappa shape index (κ2) is 8.25.